The molecule has 3 rings (SSSR count). The Morgan fingerprint density at radius 1 is 1.32 bits per heavy atom. The molecular formula is C15H23N3O. The largest absolute Gasteiger partial charge is 0.481 e. The first-order valence-electron chi connectivity index (χ1n) is 7.32. The molecule has 2 heterocycles. The van der Waals surface area contributed by atoms with Gasteiger partial charge < -0.3 is 15.0 Å². The summed E-state index contributed by atoms with van der Waals surface area (Å²) in [5, 5.41) is 3.59. The van der Waals surface area contributed by atoms with Crippen molar-refractivity contribution in [3.05, 3.63) is 18.3 Å². The van der Waals surface area contributed by atoms with Gasteiger partial charge >= 0.3 is 0 Å². The van der Waals surface area contributed by atoms with Gasteiger partial charge in [0.15, 0.2) is 0 Å². The van der Waals surface area contributed by atoms with E-state index >= 15 is 0 Å². The van der Waals surface area contributed by atoms with Gasteiger partial charge in [0.2, 0.25) is 5.88 Å². The van der Waals surface area contributed by atoms with Crippen molar-refractivity contribution in [1.29, 1.82) is 0 Å². The van der Waals surface area contributed by atoms with Crippen LogP contribution >= 0.6 is 0 Å². The monoisotopic (exact) mass is 261 g/mol. The molecule has 0 atom stereocenters. The molecule has 4 nitrogen and oxygen atoms in total. The van der Waals surface area contributed by atoms with Crippen molar-refractivity contribution in [2.45, 2.75) is 37.6 Å². The van der Waals surface area contributed by atoms with Gasteiger partial charge in [-0.1, -0.05) is 19.3 Å². The van der Waals surface area contributed by atoms with E-state index in [1.54, 1.807) is 7.11 Å². The van der Waals surface area contributed by atoms with Gasteiger partial charge in [-0.3, -0.25) is 0 Å². The van der Waals surface area contributed by atoms with Crippen LogP contribution in [-0.2, 0) is 0 Å². The molecule has 0 unspecified atom stereocenters. The first-order chi connectivity index (χ1) is 9.34. The molecule has 0 radical (unpaired) electrons. The number of aromatic nitrogens is 1. The van der Waals surface area contributed by atoms with Gasteiger partial charge in [0, 0.05) is 37.6 Å². The van der Waals surface area contributed by atoms with E-state index in [9.17, 15) is 0 Å². The summed E-state index contributed by atoms with van der Waals surface area (Å²) in [5.74, 6) is 0.710. The zero-order chi connectivity index (χ0) is 13.1. The minimum absolute atomic E-state index is 0.308. The Morgan fingerprint density at radius 2 is 2.16 bits per heavy atom. The van der Waals surface area contributed by atoms with Crippen LogP contribution in [-0.4, -0.2) is 37.3 Å². The molecule has 1 N–H and O–H groups in total. The van der Waals surface area contributed by atoms with E-state index in [2.05, 4.69) is 27.3 Å². The van der Waals surface area contributed by atoms with Crippen LogP contribution in [0, 0.1) is 0 Å². The standard InChI is InChI=1S/C15H23N3O/c1-19-14-11-13(5-8-17-14)18-10-9-16-12-15(18)6-3-2-4-7-15/h5,8,11,16H,2-4,6-7,9-10,12H2,1H3. The summed E-state index contributed by atoms with van der Waals surface area (Å²) in [6, 6.07) is 4.19. The lowest BCUT2D eigenvalue weighted by molar-refractivity contribution is 0.241. The van der Waals surface area contributed by atoms with Crippen LogP contribution in [0.25, 0.3) is 0 Å². The van der Waals surface area contributed by atoms with Gasteiger partial charge in [-0.05, 0) is 18.9 Å². The Balaban J connectivity index is 1.90. The molecule has 1 saturated carbocycles. The molecule has 1 spiro atoms. The molecule has 0 bridgehead atoms. The van der Waals surface area contributed by atoms with Crippen molar-refractivity contribution >= 4 is 5.69 Å². The van der Waals surface area contributed by atoms with Gasteiger partial charge in [0.1, 0.15) is 0 Å². The first-order valence-corrected chi connectivity index (χ1v) is 7.32. The molecule has 0 amide bonds. The fourth-order valence-electron chi connectivity index (χ4n) is 3.58. The van der Waals surface area contributed by atoms with E-state index in [0.717, 1.165) is 19.6 Å². The average molecular weight is 261 g/mol. The third-order valence-electron chi connectivity index (χ3n) is 4.56. The Hall–Kier alpha value is -1.29. The van der Waals surface area contributed by atoms with Crippen molar-refractivity contribution in [1.82, 2.24) is 10.3 Å². The molecule has 19 heavy (non-hydrogen) atoms. The molecule has 0 aromatic carbocycles. The van der Waals surface area contributed by atoms with Gasteiger partial charge in [0.05, 0.1) is 12.6 Å². The smallest absolute Gasteiger partial charge is 0.214 e. The predicted octanol–water partition coefficient (Wildman–Crippen LogP) is 2.20. The minimum Gasteiger partial charge on any atom is -0.481 e. The summed E-state index contributed by atoms with van der Waals surface area (Å²) < 4.78 is 5.27. The van der Waals surface area contributed by atoms with Crippen LogP contribution in [0.3, 0.4) is 0 Å². The average Bonchev–Trinajstić information content (AvgIpc) is 2.49. The molecule has 1 aromatic heterocycles. The number of piperazine rings is 1. The first kappa shape index (κ1) is 12.7. The van der Waals surface area contributed by atoms with E-state index in [4.69, 9.17) is 4.74 Å². The normalized spacial score (nSPS) is 22.5. The second kappa shape index (κ2) is 5.37. The summed E-state index contributed by atoms with van der Waals surface area (Å²) in [5.41, 5.74) is 1.57. The zero-order valence-electron chi connectivity index (χ0n) is 11.7. The highest BCUT2D eigenvalue weighted by Crippen LogP contribution is 2.38. The molecular weight excluding hydrogens is 238 g/mol. The number of nitrogens with zero attached hydrogens (tertiary/aromatic N) is 2. The summed E-state index contributed by atoms with van der Waals surface area (Å²) in [4.78, 5) is 6.81. The van der Waals surface area contributed by atoms with Gasteiger partial charge in [-0.15, -0.1) is 0 Å². The molecule has 1 saturated heterocycles. The van der Waals surface area contributed by atoms with Crippen LogP contribution in [0.4, 0.5) is 5.69 Å². The van der Waals surface area contributed by atoms with Crippen LogP contribution in [0.2, 0.25) is 0 Å². The summed E-state index contributed by atoms with van der Waals surface area (Å²) in [6.45, 7) is 3.25. The number of nitrogens with one attached hydrogen (secondary N) is 1. The van der Waals surface area contributed by atoms with E-state index < -0.39 is 0 Å². The minimum atomic E-state index is 0.308. The Labute approximate surface area is 115 Å². The van der Waals surface area contributed by atoms with E-state index in [1.807, 2.05) is 6.20 Å². The SMILES string of the molecule is COc1cc(N2CCNCC23CCCCC3)ccn1. The molecule has 2 aliphatic rings. The van der Waals surface area contributed by atoms with Gasteiger partial charge in [0.25, 0.3) is 0 Å². The number of anilines is 1. The summed E-state index contributed by atoms with van der Waals surface area (Å²) >= 11 is 0. The molecule has 1 aromatic rings. The molecule has 104 valence electrons. The third-order valence-corrected chi connectivity index (χ3v) is 4.56. The number of pyridine rings is 1. The Morgan fingerprint density at radius 3 is 2.95 bits per heavy atom. The number of ether oxygens (including phenoxy) is 1. The van der Waals surface area contributed by atoms with Crippen molar-refractivity contribution in [2.75, 3.05) is 31.6 Å². The zero-order valence-corrected chi connectivity index (χ0v) is 11.7. The van der Waals surface area contributed by atoms with Gasteiger partial charge in [-0.25, -0.2) is 4.98 Å². The second-order valence-electron chi connectivity index (χ2n) is 5.67. The Kier molecular flexibility index (Phi) is 3.60. The number of hydrogen-bond acceptors (Lipinski definition) is 4. The van der Waals surface area contributed by atoms with Crippen molar-refractivity contribution in [2.24, 2.45) is 0 Å². The van der Waals surface area contributed by atoms with Crippen LogP contribution in [0.1, 0.15) is 32.1 Å². The third kappa shape index (κ3) is 2.41. The van der Waals surface area contributed by atoms with Crippen LogP contribution in [0.15, 0.2) is 18.3 Å². The van der Waals surface area contributed by atoms with Crippen LogP contribution < -0.4 is 15.0 Å². The maximum atomic E-state index is 5.27. The summed E-state index contributed by atoms with van der Waals surface area (Å²) in [6.07, 6.45) is 8.53. The highest BCUT2D eigenvalue weighted by molar-refractivity contribution is 5.51. The second-order valence-corrected chi connectivity index (χ2v) is 5.67. The maximum absolute atomic E-state index is 5.27. The predicted molar refractivity (Wildman–Crippen MR) is 76.8 cm³/mol. The van der Waals surface area contributed by atoms with Crippen molar-refractivity contribution in [3.8, 4) is 5.88 Å². The van der Waals surface area contributed by atoms with E-state index in [1.165, 1.54) is 37.8 Å². The molecule has 1 aliphatic heterocycles. The topological polar surface area (TPSA) is 37.4 Å². The fourth-order valence-corrected chi connectivity index (χ4v) is 3.58. The lowest BCUT2D eigenvalue weighted by Gasteiger charge is -2.51. The van der Waals surface area contributed by atoms with E-state index in [-0.39, 0.29) is 0 Å². The fraction of sp³-hybridized carbons (Fsp3) is 0.667. The summed E-state index contributed by atoms with van der Waals surface area (Å²) in [7, 11) is 1.68. The number of methoxy groups -OCH3 is 1. The van der Waals surface area contributed by atoms with Gasteiger partial charge in [-0.2, -0.15) is 0 Å². The quantitative estimate of drug-likeness (QED) is 0.885. The van der Waals surface area contributed by atoms with Crippen molar-refractivity contribution < 1.29 is 4.74 Å². The molecule has 1 aliphatic carbocycles. The molecule has 2 fully saturated rings. The van der Waals surface area contributed by atoms with Crippen molar-refractivity contribution in [3.63, 3.8) is 0 Å². The van der Waals surface area contributed by atoms with E-state index in [0.29, 0.717) is 11.4 Å². The van der Waals surface area contributed by atoms with Crippen LogP contribution in [0.5, 0.6) is 5.88 Å². The highest BCUT2D eigenvalue weighted by atomic mass is 16.5. The lowest BCUT2D eigenvalue weighted by Crippen LogP contribution is -2.62. The number of hydrogen-bond donors (Lipinski definition) is 1. The number of rotatable bonds is 2. The molecule has 4 heteroatoms. The highest BCUT2D eigenvalue weighted by Gasteiger charge is 2.39. The maximum Gasteiger partial charge on any atom is 0.214 e. The Bertz CT molecular complexity index is 421. The lowest BCUT2D eigenvalue weighted by atomic mass is 9.79.